The minimum absolute atomic E-state index is 0.0595. The molecule has 4 N–H and O–H groups in total. The van der Waals surface area contributed by atoms with Gasteiger partial charge in [0, 0.05) is 12.2 Å². The van der Waals surface area contributed by atoms with Crippen molar-refractivity contribution in [3.8, 4) is 5.75 Å². The van der Waals surface area contributed by atoms with Crippen LogP contribution >= 0.6 is 0 Å². The zero-order valence-electron chi connectivity index (χ0n) is 10.8. The van der Waals surface area contributed by atoms with E-state index >= 15 is 0 Å². The van der Waals surface area contributed by atoms with Crippen LogP contribution in [-0.2, 0) is 6.42 Å². The Bertz CT molecular complexity index is 612. The van der Waals surface area contributed by atoms with Gasteiger partial charge in [0.25, 0.3) is 5.91 Å². The quantitative estimate of drug-likeness (QED) is 0.747. The number of nitrogens with two attached hydrogens (primary N) is 1. The third kappa shape index (κ3) is 3.47. The van der Waals surface area contributed by atoms with Crippen molar-refractivity contribution in [2.45, 2.75) is 6.42 Å². The molecule has 0 unspecified atom stereocenters. The van der Waals surface area contributed by atoms with Crippen molar-refractivity contribution in [3.05, 3.63) is 59.4 Å². The first-order valence-corrected chi connectivity index (χ1v) is 6.17. The summed E-state index contributed by atoms with van der Waals surface area (Å²) in [5.74, 6) is -0.894. The molecule has 4 nitrogen and oxygen atoms in total. The van der Waals surface area contributed by atoms with Crippen LogP contribution in [0.1, 0.15) is 15.9 Å². The van der Waals surface area contributed by atoms with E-state index in [9.17, 15) is 9.18 Å². The van der Waals surface area contributed by atoms with Crippen LogP contribution < -0.4 is 11.1 Å². The van der Waals surface area contributed by atoms with Crippen LogP contribution in [0.4, 0.5) is 10.1 Å². The highest BCUT2D eigenvalue weighted by Gasteiger charge is 2.11. The number of hydrogen-bond acceptors (Lipinski definition) is 3. The van der Waals surface area contributed by atoms with Crippen LogP contribution in [0.5, 0.6) is 5.75 Å². The summed E-state index contributed by atoms with van der Waals surface area (Å²) in [5.41, 5.74) is 6.78. The van der Waals surface area contributed by atoms with Gasteiger partial charge in [-0.2, -0.15) is 0 Å². The predicted octanol–water partition coefficient (Wildman–Crippen LogP) is 2.09. The molecule has 2 aromatic carbocycles. The lowest BCUT2D eigenvalue weighted by Crippen LogP contribution is -2.26. The lowest BCUT2D eigenvalue weighted by atomic mass is 10.1. The largest absolute Gasteiger partial charge is 0.508 e. The number of halogens is 1. The van der Waals surface area contributed by atoms with E-state index in [-0.39, 0.29) is 11.3 Å². The van der Waals surface area contributed by atoms with Gasteiger partial charge in [-0.05, 0) is 42.3 Å². The van der Waals surface area contributed by atoms with Gasteiger partial charge in [-0.3, -0.25) is 4.79 Å². The fourth-order valence-corrected chi connectivity index (χ4v) is 1.80. The predicted molar refractivity (Wildman–Crippen MR) is 75.0 cm³/mol. The van der Waals surface area contributed by atoms with E-state index in [2.05, 4.69) is 5.32 Å². The number of hydrogen-bond donors (Lipinski definition) is 3. The maximum Gasteiger partial charge on any atom is 0.254 e. The summed E-state index contributed by atoms with van der Waals surface area (Å²) in [6, 6.07) is 10.6. The Morgan fingerprint density at radius 1 is 1.20 bits per heavy atom. The number of benzene rings is 2. The summed E-state index contributed by atoms with van der Waals surface area (Å²) in [6.07, 6.45) is 0.593. The van der Waals surface area contributed by atoms with Crippen molar-refractivity contribution in [2.24, 2.45) is 0 Å². The minimum Gasteiger partial charge on any atom is -0.508 e. The van der Waals surface area contributed by atoms with E-state index in [1.165, 1.54) is 18.2 Å². The Labute approximate surface area is 116 Å². The van der Waals surface area contributed by atoms with Gasteiger partial charge in [0.15, 0.2) is 0 Å². The number of aromatic hydroxyl groups is 1. The number of carbonyl (C=O) groups excluding carboxylic acids is 1. The highest BCUT2D eigenvalue weighted by atomic mass is 19.1. The Hall–Kier alpha value is -2.56. The number of nitrogens with one attached hydrogen (secondary N) is 1. The Balaban J connectivity index is 1.92. The fraction of sp³-hybridized carbons (Fsp3) is 0.133. The van der Waals surface area contributed by atoms with Crippen molar-refractivity contribution in [3.63, 3.8) is 0 Å². The molecule has 5 heteroatoms. The second kappa shape index (κ2) is 6.06. The molecule has 2 aromatic rings. The number of rotatable bonds is 4. The average Bonchev–Trinajstić information content (AvgIpc) is 2.43. The number of carbonyl (C=O) groups is 1. The highest BCUT2D eigenvalue weighted by molar-refractivity contribution is 5.95. The molecule has 0 radical (unpaired) electrons. The zero-order valence-corrected chi connectivity index (χ0v) is 10.8. The summed E-state index contributed by atoms with van der Waals surface area (Å²) in [6.45, 7) is 0.373. The molecule has 0 atom stereocenters. The van der Waals surface area contributed by atoms with Crippen LogP contribution in [0.15, 0.2) is 42.5 Å². The van der Waals surface area contributed by atoms with Crippen LogP contribution in [0.25, 0.3) is 0 Å². The SMILES string of the molecule is Nc1ccc(F)c(C(=O)NCCc2ccc(O)cc2)c1. The van der Waals surface area contributed by atoms with E-state index in [4.69, 9.17) is 10.8 Å². The second-order valence-corrected chi connectivity index (χ2v) is 4.41. The number of phenols is 1. The molecule has 2 rings (SSSR count). The van der Waals surface area contributed by atoms with Gasteiger partial charge in [0.05, 0.1) is 5.56 Å². The Morgan fingerprint density at radius 3 is 2.60 bits per heavy atom. The van der Waals surface area contributed by atoms with Gasteiger partial charge in [-0.25, -0.2) is 4.39 Å². The molecular weight excluding hydrogens is 259 g/mol. The highest BCUT2D eigenvalue weighted by Crippen LogP contribution is 2.12. The van der Waals surface area contributed by atoms with E-state index in [0.29, 0.717) is 18.7 Å². The molecule has 20 heavy (non-hydrogen) atoms. The molecule has 0 aliphatic heterocycles. The summed E-state index contributed by atoms with van der Waals surface area (Å²) < 4.78 is 13.5. The molecule has 0 saturated carbocycles. The third-order valence-corrected chi connectivity index (χ3v) is 2.87. The molecule has 0 heterocycles. The Kier molecular flexibility index (Phi) is 4.20. The average molecular weight is 274 g/mol. The summed E-state index contributed by atoms with van der Waals surface area (Å²) in [7, 11) is 0. The maximum atomic E-state index is 13.5. The lowest BCUT2D eigenvalue weighted by Gasteiger charge is -2.07. The van der Waals surface area contributed by atoms with Crippen molar-refractivity contribution in [2.75, 3.05) is 12.3 Å². The van der Waals surface area contributed by atoms with Gasteiger partial charge in [-0.15, -0.1) is 0 Å². The van der Waals surface area contributed by atoms with Gasteiger partial charge in [-0.1, -0.05) is 12.1 Å². The van der Waals surface area contributed by atoms with Crippen LogP contribution in [0, 0.1) is 5.82 Å². The number of anilines is 1. The molecule has 0 saturated heterocycles. The molecule has 0 bridgehead atoms. The molecule has 0 aliphatic rings. The molecule has 0 fully saturated rings. The van der Waals surface area contributed by atoms with Crippen molar-refractivity contribution >= 4 is 11.6 Å². The van der Waals surface area contributed by atoms with Crippen LogP contribution in [0.2, 0.25) is 0 Å². The van der Waals surface area contributed by atoms with Crippen LogP contribution in [-0.4, -0.2) is 17.6 Å². The summed E-state index contributed by atoms with van der Waals surface area (Å²) in [4.78, 5) is 11.8. The first kappa shape index (κ1) is 13.9. The van der Waals surface area contributed by atoms with Crippen LogP contribution in [0.3, 0.4) is 0 Å². The number of amides is 1. The lowest BCUT2D eigenvalue weighted by molar-refractivity contribution is 0.0950. The minimum atomic E-state index is -0.596. The first-order valence-electron chi connectivity index (χ1n) is 6.17. The van der Waals surface area contributed by atoms with E-state index in [1.54, 1.807) is 24.3 Å². The topological polar surface area (TPSA) is 75.4 Å². The van der Waals surface area contributed by atoms with Gasteiger partial charge in [0.1, 0.15) is 11.6 Å². The Morgan fingerprint density at radius 2 is 1.90 bits per heavy atom. The zero-order chi connectivity index (χ0) is 14.5. The molecule has 104 valence electrons. The first-order chi connectivity index (χ1) is 9.56. The smallest absolute Gasteiger partial charge is 0.254 e. The molecule has 1 amide bonds. The fourth-order valence-electron chi connectivity index (χ4n) is 1.80. The van der Waals surface area contributed by atoms with Crippen molar-refractivity contribution < 1.29 is 14.3 Å². The van der Waals surface area contributed by atoms with Gasteiger partial charge in [0.2, 0.25) is 0 Å². The molecule has 0 spiro atoms. The van der Waals surface area contributed by atoms with Crippen molar-refractivity contribution in [1.29, 1.82) is 0 Å². The van der Waals surface area contributed by atoms with E-state index < -0.39 is 11.7 Å². The summed E-state index contributed by atoms with van der Waals surface area (Å²) in [5, 5.41) is 11.8. The second-order valence-electron chi connectivity index (χ2n) is 4.41. The number of nitrogen functional groups attached to an aromatic ring is 1. The standard InChI is InChI=1S/C15H15FN2O2/c16-14-6-3-11(17)9-13(14)15(20)18-8-7-10-1-4-12(19)5-2-10/h1-6,9,19H,7-8,17H2,(H,18,20). The van der Waals surface area contributed by atoms with Crippen molar-refractivity contribution in [1.82, 2.24) is 5.32 Å². The number of phenolic OH excluding ortho intramolecular Hbond substituents is 1. The van der Waals surface area contributed by atoms with E-state index in [1.807, 2.05) is 0 Å². The van der Waals surface area contributed by atoms with Gasteiger partial charge < -0.3 is 16.2 Å². The van der Waals surface area contributed by atoms with Gasteiger partial charge >= 0.3 is 0 Å². The normalized spacial score (nSPS) is 10.2. The molecule has 0 aromatic heterocycles. The maximum absolute atomic E-state index is 13.5. The molecular formula is C15H15FN2O2. The molecule has 0 aliphatic carbocycles. The monoisotopic (exact) mass is 274 g/mol. The summed E-state index contributed by atoms with van der Waals surface area (Å²) >= 11 is 0. The van der Waals surface area contributed by atoms with E-state index in [0.717, 1.165) is 5.56 Å². The third-order valence-electron chi connectivity index (χ3n) is 2.87.